The number of rotatable bonds is 0. The van der Waals surface area contributed by atoms with Crippen molar-refractivity contribution in [2.24, 2.45) is 22.7 Å². The molecule has 3 fully saturated rings. The Morgan fingerprint density at radius 2 is 1.93 bits per heavy atom. The van der Waals surface area contributed by atoms with Gasteiger partial charge in [0.05, 0.1) is 6.10 Å². The highest BCUT2D eigenvalue weighted by Gasteiger charge is 2.68. The van der Waals surface area contributed by atoms with E-state index < -0.39 is 0 Å². The minimum atomic E-state index is 0.0147. The second-order valence-corrected chi connectivity index (χ2v) is 6.28. The third kappa shape index (κ3) is 0.856. The smallest absolute Gasteiger partial charge is 0.0573 e. The fourth-order valence-corrected chi connectivity index (χ4v) is 4.95. The molecule has 0 aromatic heterocycles. The van der Waals surface area contributed by atoms with Gasteiger partial charge >= 0.3 is 0 Å². The molecule has 3 aliphatic rings. The average Bonchev–Trinajstić information content (AvgIpc) is 2.67. The van der Waals surface area contributed by atoms with Gasteiger partial charge in [0.25, 0.3) is 0 Å². The highest BCUT2D eigenvalue weighted by molar-refractivity contribution is 5.17. The Hall–Kier alpha value is -0.0400. The van der Waals surface area contributed by atoms with Crippen molar-refractivity contribution in [2.75, 3.05) is 0 Å². The molecule has 0 bridgehead atoms. The summed E-state index contributed by atoms with van der Waals surface area (Å²) in [6.07, 6.45) is 7.83. The Morgan fingerprint density at radius 1 is 1.21 bits per heavy atom. The predicted octanol–water partition coefficient (Wildman–Crippen LogP) is 2.97. The Labute approximate surface area is 86.9 Å². The maximum absolute atomic E-state index is 10.1. The summed E-state index contributed by atoms with van der Waals surface area (Å²) in [5, 5.41) is 10.1. The standard InChI is InChI=1S/C13H22O/c1-9-8-13(9)7-5-10-11(14)4-3-6-12(10,13)2/h9-11,14H,3-8H2,1-2H3/t9-,10?,11?,12+,13+/m1/s1. The fraction of sp³-hybridized carbons (Fsp3) is 1.00. The summed E-state index contributed by atoms with van der Waals surface area (Å²) in [7, 11) is 0. The van der Waals surface area contributed by atoms with Crippen LogP contribution in [-0.2, 0) is 0 Å². The lowest BCUT2D eigenvalue weighted by Gasteiger charge is -2.44. The maximum Gasteiger partial charge on any atom is 0.0573 e. The minimum absolute atomic E-state index is 0.0147. The van der Waals surface area contributed by atoms with Gasteiger partial charge in [0, 0.05) is 0 Å². The van der Waals surface area contributed by atoms with Gasteiger partial charge in [-0.05, 0) is 54.8 Å². The van der Waals surface area contributed by atoms with Crippen LogP contribution in [0.25, 0.3) is 0 Å². The van der Waals surface area contributed by atoms with Crippen molar-refractivity contribution in [3.05, 3.63) is 0 Å². The van der Waals surface area contributed by atoms with Crippen LogP contribution in [0.2, 0.25) is 0 Å². The van der Waals surface area contributed by atoms with Crippen LogP contribution in [0.5, 0.6) is 0 Å². The molecule has 5 atom stereocenters. The lowest BCUT2D eigenvalue weighted by atomic mass is 9.62. The molecule has 0 amide bonds. The first-order valence-electron chi connectivity index (χ1n) is 6.28. The quantitative estimate of drug-likeness (QED) is 0.628. The molecule has 0 saturated heterocycles. The van der Waals surface area contributed by atoms with Crippen LogP contribution in [-0.4, -0.2) is 11.2 Å². The SMILES string of the molecule is C[C@@H]1C[C@@]12CCC1C(O)CCC[C@@]12C. The van der Waals surface area contributed by atoms with Crippen LogP contribution in [0, 0.1) is 22.7 Å². The topological polar surface area (TPSA) is 20.2 Å². The average molecular weight is 194 g/mol. The van der Waals surface area contributed by atoms with Crippen LogP contribution in [0.15, 0.2) is 0 Å². The molecule has 0 aliphatic heterocycles. The van der Waals surface area contributed by atoms with Crippen molar-refractivity contribution in [3.8, 4) is 0 Å². The Morgan fingerprint density at radius 3 is 2.57 bits per heavy atom. The Balaban J connectivity index is 1.94. The summed E-state index contributed by atoms with van der Waals surface area (Å²) in [6, 6.07) is 0. The zero-order valence-corrected chi connectivity index (χ0v) is 9.42. The zero-order valence-electron chi connectivity index (χ0n) is 9.42. The van der Waals surface area contributed by atoms with Crippen molar-refractivity contribution >= 4 is 0 Å². The van der Waals surface area contributed by atoms with Crippen molar-refractivity contribution < 1.29 is 5.11 Å². The second-order valence-electron chi connectivity index (χ2n) is 6.28. The van der Waals surface area contributed by atoms with E-state index in [0.717, 1.165) is 12.3 Å². The highest BCUT2D eigenvalue weighted by atomic mass is 16.3. The fourth-order valence-electron chi connectivity index (χ4n) is 4.95. The molecule has 14 heavy (non-hydrogen) atoms. The van der Waals surface area contributed by atoms with Crippen LogP contribution in [0.4, 0.5) is 0 Å². The summed E-state index contributed by atoms with van der Waals surface area (Å²) >= 11 is 0. The van der Waals surface area contributed by atoms with E-state index in [1.807, 2.05) is 0 Å². The van der Waals surface area contributed by atoms with E-state index in [1.54, 1.807) is 0 Å². The molecule has 1 N–H and O–H groups in total. The molecule has 3 aliphatic carbocycles. The number of hydrogen-bond acceptors (Lipinski definition) is 1. The molecule has 1 spiro atoms. The first-order valence-corrected chi connectivity index (χ1v) is 6.28. The van der Waals surface area contributed by atoms with Gasteiger partial charge in [0.15, 0.2) is 0 Å². The van der Waals surface area contributed by atoms with E-state index in [-0.39, 0.29) is 6.10 Å². The molecule has 0 heterocycles. The normalized spacial score (nSPS) is 61.5. The number of hydrogen-bond donors (Lipinski definition) is 1. The Bertz CT molecular complexity index is 262. The minimum Gasteiger partial charge on any atom is -0.393 e. The number of fused-ring (bicyclic) bond motifs is 2. The van der Waals surface area contributed by atoms with Gasteiger partial charge in [-0.15, -0.1) is 0 Å². The van der Waals surface area contributed by atoms with E-state index >= 15 is 0 Å². The van der Waals surface area contributed by atoms with Gasteiger partial charge in [-0.25, -0.2) is 0 Å². The highest BCUT2D eigenvalue weighted by Crippen LogP contribution is 2.75. The maximum atomic E-state index is 10.1. The third-order valence-corrected chi connectivity index (χ3v) is 5.97. The molecule has 1 heteroatoms. The first kappa shape index (κ1) is 9.21. The summed E-state index contributed by atoms with van der Waals surface area (Å²) in [4.78, 5) is 0. The van der Waals surface area contributed by atoms with Gasteiger partial charge < -0.3 is 5.11 Å². The molecule has 3 rings (SSSR count). The molecule has 0 aromatic rings. The molecule has 0 aromatic carbocycles. The molecule has 80 valence electrons. The predicted molar refractivity (Wildman–Crippen MR) is 56.9 cm³/mol. The van der Waals surface area contributed by atoms with Crippen molar-refractivity contribution in [1.29, 1.82) is 0 Å². The third-order valence-electron chi connectivity index (χ3n) is 5.97. The summed E-state index contributed by atoms with van der Waals surface area (Å²) in [5.41, 5.74) is 1.14. The lowest BCUT2D eigenvalue weighted by molar-refractivity contribution is -0.0264. The molecule has 0 radical (unpaired) electrons. The molecular weight excluding hydrogens is 172 g/mol. The lowest BCUT2D eigenvalue weighted by Crippen LogP contribution is -2.41. The van der Waals surface area contributed by atoms with Gasteiger partial charge in [-0.2, -0.15) is 0 Å². The van der Waals surface area contributed by atoms with Crippen molar-refractivity contribution in [1.82, 2.24) is 0 Å². The summed E-state index contributed by atoms with van der Waals surface area (Å²) in [5.74, 6) is 1.56. The largest absolute Gasteiger partial charge is 0.393 e. The van der Waals surface area contributed by atoms with Crippen LogP contribution < -0.4 is 0 Å². The van der Waals surface area contributed by atoms with E-state index in [4.69, 9.17) is 0 Å². The number of aliphatic hydroxyl groups excluding tert-OH is 1. The van der Waals surface area contributed by atoms with Gasteiger partial charge in [-0.3, -0.25) is 0 Å². The van der Waals surface area contributed by atoms with Gasteiger partial charge in [-0.1, -0.05) is 20.3 Å². The summed E-state index contributed by atoms with van der Waals surface area (Å²) < 4.78 is 0. The van der Waals surface area contributed by atoms with Gasteiger partial charge in [0.2, 0.25) is 0 Å². The van der Waals surface area contributed by atoms with E-state index in [1.165, 1.54) is 32.1 Å². The van der Waals surface area contributed by atoms with E-state index in [2.05, 4.69) is 13.8 Å². The van der Waals surface area contributed by atoms with Crippen LogP contribution in [0.3, 0.4) is 0 Å². The van der Waals surface area contributed by atoms with E-state index in [0.29, 0.717) is 16.7 Å². The van der Waals surface area contributed by atoms with Crippen molar-refractivity contribution in [3.63, 3.8) is 0 Å². The summed E-state index contributed by atoms with van der Waals surface area (Å²) in [6.45, 7) is 4.88. The molecule has 2 unspecified atom stereocenters. The van der Waals surface area contributed by atoms with Gasteiger partial charge in [0.1, 0.15) is 0 Å². The number of aliphatic hydroxyl groups is 1. The van der Waals surface area contributed by atoms with E-state index in [9.17, 15) is 5.11 Å². The Kier molecular flexibility index (Phi) is 1.68. The second kappa shape index (κ2) is 2.55. The molecular formula is C13H22O. The first-order chi connectivity index (χ1) is 6.60. The monoisotopic (exact) mass is 194 g/mol. The van der Waals surface area contributed by atoms with Crippen LogP contribution in [0.1, 0.15) is 52.4 Å². The van der Waals surface area contributed by atoms with Crippen LogP contribution >= 0.6 is 0 Å². The molecule has 1 nitrogen and oxygen atoms in total. The zero-order chi connectivity index (χ0) is 9.97. The van der Waals surface area contributed by atoms with Crippen molar-refractivity contribution in [2.45, 2.75) is 58.5 Å². The molecule has 3 saturated carbocycles.